The van der Waals surface area contributed by atoms with Crippen molar-refractivity contribution < 1.29 is 50.6 Å². The first kappa shape index (κ1) is 38.2. The molecule has 4 heterocycles. The Morgan fingerprint density at radius 3 is 2.64 bits per heavy atom. The third-order valence-electron chi connectivity index (χ3n) is 11.8. The van der Waals surface area contributed by atoms with E-state index in [0.29, 0.717) is 65.9 Å². The van der Waals surface area contributed by atoms with Gasteiger partial charge in [0.25, 0.3) is 5.91 Å². The Hall–Kier alpha value is -5.29. The van der Waals surface area contributed by atoms with Gasteiger partial charge in [0, 0.05) is 29.7 Å². The van der Waals surface area contributed by atoms with E-state index in [-0.39, 0.29) is 50.0 Å². The molecule has 4 amide bonds. The number of sulfonamides is 1. The Morgan fingerprint density at radius 1 is 1.02 bits per heavy atom. The van der Waals surface area contributed by atoms with Crippen LogP contribution in [-0.2, 0) is 33.9 Å². The third kappa shape index (κ3) is 7.45. The number of furan rings is 1. The zero-order valence-corrected chi connectivity index (χ0v) is 32.4. The number of nitrogens with zero attached hydrogens (tertiary/aromatic N) is 2. The number of amides is 4. The molecule has 9 rings (SSSR count). The van der Waals surface area contributed by atoms with E-state index < -0.39 is 74.5 Å². The van der Waals surface area contributed by atoms with Crippen LogP contribution in [0.4, 0.5) is 9.18 Å². The monoisotopic (exact) mass is 817 g/mol. The van der Waals surface area contributed by atoms with Crippen molar-refractivity contribution in [3.05, 3.63) is 60.4 Å². The number of carbonyl (C=O) groups excluding carboxylic acids is 4. The Labute approximate surface area is 333 Å². The van der Waals surface area contributed by atoms with E-state index in [4.69, 9.17) is 23.6 Å². The number of nitrogens with one attached hydrogen (secondary N) is 3. The van der Waals surface area contributed by atoms with Gasteiger partial charge >= 0.3 is 6.09 Å². The van der Waals surface area contributed by atoms with E-state index in [1.165, 1.54) is 23.1 Å². The van der Waals surface area contributed by atoms with Crippen LogP contribution in [0.2, 0.25) is 0 Å². The number of alkyl carbamates (subject to hydrolysis) is 1. The molecule has 5 atom stereocenters. The first-order valence-corrected chi connectivity index (χ1v) is 21.5. The van der Waals surface area contributed by atoms with Crippen LogP contribution >= 0.6 is 0 Å². The number of allylic oxidation sites excluding steroid dienone is 1. The first-order valence-electron chi connectivity index (χ1n) is 20.0. The van der Waals surface area contributed by atoms with Crippen LogP contribution in [0, 0.1) is 11.7 Å². The van der Waals surface area contributed by atoms with Crippen molar-refractivity contribution in [3.8, 4) is 5.75 Å². The van der Waals surface area contributed by atoms with E-state index in [9.17, 15) is 32.0 Å². The van der Waals surface area contributed by atoms with Crippen LogP contribution in [0.25, 0.3) is 33.0 Å². The number of hydrogen-bond donors (Lipinski definition) is 3. The molecule has 58 heavy (non-hydrogen) atoms. The molecule has 3 saturated carbocycles. The fourth-order valence-corrected chi connectivity index (χ4v) is 9.79. The van der Waals surface area contributed by atoms with Gasteiger partial charge in [0.1, 0.15) is 46.7 Å². The summed E-state index contributed by atoms with van der Waals surface area (Å²) in [5.41, 5.74) is 0.110. The minimum atomic E-state index is -3.95. The maximum Gasteiger partial charge on any atom is 0.408 e. The van der Waals surface area contributed by atoms with Crippen molar-refractivity contribution in [2.75, 3.05) is 19.8 Å². The smallest absolute Gasteiger partial charge is 0.408 e. The fourth-order valence-electron chi connectivity index (χ4n) is 8.43. The van der Waals surface area contributed by atoms with Crippen molar-refractivity contribution >= 4 is 66.8 Å². The highest BCUT2D eigenvalue weighted by molar-refractivity contribution is 7.91. The fraction of sp³-hybridized carbons (Fsp3) is 0.488. The van der Waals surface area contributed by atoms with Gasteiger partial charge in [-0.05, 0) is 88.1 Å². The Morgan fingerprint density at radius 2 is 1.83 bits per heavy atom. The van der Waals surface area contributed by atoms with E-state index in [2.05, 4.69) is 15.4 Å². The van der Waals surface area contributed by atoms with E-state index in [0.717, 1.165) is 12.8 Å². The highest BCUT2D eigenvalue weighted by Crippen LogP contribution is 2.46. The van der Waals surface area contributed by atoms with Gasteiger partial charge in [0.15, 0.2) is 11.3 Å². The lowest BCUT2D eigenvalue weighted by Gasteiger charge is -2.29. The number of pyridine rings is 1. The molecule has 4 fully saturated rings. The van der Waals surface area contributed by atoms with Gasteiger partial charge in [-0.1, -0.05) is 24.3 Å². The largest absolute Gasteiger partial charge is 0.484 e. The minimum Gasteiger partial charge on any atom is -0.484 e. The van der Waals surface area contributed by atoms with Crippen LogP contribution in [0.5, 0.6) is 5.75 Å². The van der Waals surface area contributed by atoms with Gasteiger partial charge in [-0.15, -0.1) is 0 Å². The van der Waals surface area contributed by atoms with Crippen LogP contribution in [-0.4, -0.2) is 97.0 Å². The second-order valence-corrected chi connectivity index (χ2v) is 17.9. The normalized spacial score (nSPS) is 27.6. The zero-order valence-electron chi connectivity index (χ0n) is 31.6. The van der Waals surface area contributed by atoms with Crippen molar-refractivity contribution in [2.45, 2.75) is 99.3 Å². The molecular formula is C41H44FN5O10S. The number of ether oxygens (including phenoxy) is 3. The standard InChI is InChI=1S/C41H44FN5O10S/c42-24-13-16-30-29(18-24)35(36-34(43-30)28-11-5-6-12-33(28)57-36)55-26-19-32-37(48)45-41(39(50)46-58(52,53)27-14-15-27)20-23(41)8-2-1-7-17-54-22-31(38(49)47(32)21-26)44-40(51)56-25-9-3-4-10-25/h2,5-6,8,11-13,16,18,23,25-27,31-32H,1,3-4,7,9-10,14-15,17,19-22H2,(H,44,51)(H,45,48)(H,46,50)/b8-2-/t23-,26-,31+,32+,41-/m1/s1. The number of aromatic nitrogens is 1. The molecular weight excluding hydrogens is 774 g/mol. The summed E-state index contributed by atoms with van der Waals surface area (Å²) in [4.78, 5) is 62.2. The van der Waals surface area contributed by atoms with E-state index >= 15 is 0 Å². The number of halogens is 1. The van der Waals surface area contributed by atoms with Crippen LogP contribution in [0.1, 0.15) is 64.2 Å². The summed E-state index contributed by atoms with van der Waals surface area (Å²) in [5, 5.41) is 5.88. The summed E-state index contributed by atoms with van der Waals surface area (Å²) in [6.45, 7) is -0.123. The number of carbonyl (C=O) groups is 4. The molecule has 3 N–H and O–H groups in total. The number of para-hydroxylation sites is 1. The summed E-state index contributed by atoms with van der Waals surface area (Å²) in [5.74, 6) is -3.08. The SMILES string of the molecule is O=C(N[C@H]1COCCC/C=C\[C@@H]2C[C@@]2(C(=O)NS(=O)(=O)C2CC2)NC(=O)[C@@H]2C[C@@H](Oc3c4cc(F)ccc4nc4c3oc3ccccc34)CN2C1=O)OC1CCCC1. The molecule has 0 radical (unpaired) electrons. The molecule has 3 aliphatic carbocycles. The van der Waals surface area contributed by atoms with Gasteiger partial charge in [0.2, 0.25) is 21.8 Å². The molecule has 0 bridgehead atoms. The summed E-state index contributed by atoms with van der Waals surface area (Å²) in [6, 6.07) is 8.87. The predicted molar refractivity (Wildman–Crippen MR) is 207 cm³/mol. The lowest BCUT2D eigenvalue weighted by atomic mass is 10.1. The molecule has 2 aromatic carbocycles. The molecule has 306 valence electrons. The summed E-state index contributed by atoms with van der Waals surface area (Å²) in [7, 11) is -3.95. The maximum absolute atomic E-state index is 14.8. The average molecular weight is 818 g/mol. The number of rotatable bonds is 7. The minimum absolute atomic E-state index is 0.0862. The summed E-state index contributed by atoms with van der Waals surface area (Å²) >= 11 is 0. The topological polar surface area (TPSA) is 195 Å². The van der Waals surface area contributed by atoms with Gasteiger partial charge in [-0.25, -0.2) is 22.6 Å². The molecule has 0 unspecified atom stereocenters. The number of benzene rings is 2. The maximum atomic E-state index is 14.8. The van der Waals surface area contributed by atoms with Crippen molar-refractivity contribution in [3.63, 3.8) is 0 Å². The lowest BCUT2D eigenvalue weighted by molar-refractivity contribution is -0.142. The van der Waals surface area contributed by atoms with Gasteiger partial charge in [-0.2, -0.15) is 0 Å². The van der Waals surface area contributed by atoms with E-state index in [1.54, 1.807) is 12.1 Å². The zero-order chi connectivity index (χ0) is 40.2. The highest BCUT2D eigenvalue weighted by atomic mass is 32.2. The van der Waals surface area contributed by atoms with Crippen molar-refractivity contribution in [2.24, 2.45) is 5.92 Å². The first-order chi connectivity index (χ1) is 28.0. The number of fused-ring (bicyclic) bond motifs is 6. The van der Waals surface area contributed by atoms with Gasteiger partial charge in [-0.3, -0.25) is 19.1 Å². The molecule has 17 heteroatoms. The second kappa shape index (κ2) is 15.1. The van der Waals surface area contributed by atoms with Gasteiger partial charge < -0.3 is 34.2 Å². The van der Waals surface area contributed by atoms with Crippen LogP contribution in [0.15, 0.2) is 59.0 Å². The van der Waals surface area contributed by atoms with E-state index in [1.807, 2.05) is 24.3 Å². The Bertz CT molecular complexity index is 2450. The van der Waals surface area contributed by atoms with Crippen molar-refractivity contribution in [1.29, 1.82) is 0 Å². The number of hydrogen-bond acceptors (Lipinski definition) is 11. The predicted octanol–water partition coefficient (Wildman–Crippen LogP) is 4.51. The average Bonchev–Trinajstić information content (AvgIpc) is 4.01. The Balaban J connectivity index is 1.06. The third-order valence-corrected chi connectivity index (χ3v) is 13.6. The molecule has 4 aromatic rings. The molecule has 5 aliphatic rings. The van der Waals surface area contributed by atoms with Crippen LogP contribution < -0.4 is 20.1 Å². The molecule has 15 nitrogen and oxygen atoms in total. The summed E-state index contributed by atoms with van der Waals surface area (Å²) < 4.78 is 67.2. The van der Waals surface area contributed by atoms with Crippen molar-refractivity contribution in [1.82, 2.24) is 25.2 Å². The summed E-state index contributed by atoms with van der Waals surface area (Å²) in [6.07, 6.45) is 7.04. The molecule has 0 spiro atoms. The second-order valence-electron chi connectivity index (χ2n) is 16.0. The molecule has 1 saturated heterocycles. The quantitative estimate of drug-likeness (QED) is 0.222. The lowest BCUT2D eigenvalue weighted by Crippen LogP contribution is -2.59. The van der Waals surface area contributed by atoms with Crippen LogP contribution in [0.3, 0.4) is 0 Å². The molecule has 2 aliphatic heterocycles. The molecule has 2 aromatic heterocycles. The Kier molecular flexibility index (Phi) is 9.98. The van der Waals surface area contributed by atoms with Gasteiger partial charge in [0.05, 0.1) is 23.9 Å². The highest BCUT2D eigenvalue weighted by Gasteiger charge is 2.62.